The van der Waals surface area contributed by atoms with Crippen LogP contribution < -0.4 is 0 Å². The summed E-state index contributed by atoms with van der Waals surface area (Å²) >= 11 is 0. The Morgan fingerprint density at radius 3 is 1.83 bits per heavy atom. The second-order valence-corrected chi connectivity index (χ2v) is 10.7. The second-order valence-electron chi connectivity index (χ2n) is 10.7. The van der Waals surface area contributed by atoms with Gasteiger partial charge in [-0.05, 0) is 58.3 Å². The summed E-state index contributed by atoms with van der Waals surface area (Å²) in [5, 5.41) is 11.0. The van der Waals surface area contributed by atoms with E-state index < -0.39 is 0 Å². The van der Waals surface area contributed by atoms with Crippen molar-refractivity contribution in [2.45, 2.75) is 104 Å². The van der Waals surface area contributed by atoms with Crippen molar-refractivity contribution < 1.29 is 5.11 Å². The number of rotatable bonds is 8. The first-order valence-corrected chi connectivity index (χ1v) is 11.5. The molecule has 1 unspecified atom stereocenters. The van der Waals surface area contributed by atoms with Crippen LogP contribution in [0.1, 0.15) is 109 Å². The van der Waals surface area contributed by atoms with Crippen LogP contribution in [0.5, 0.6) is 5.75 Å². The van der Waals surface area contributed by atoms with Gasteiger partial charge >= 0.3 is 0 Å². The smallest absolute Gasteiger partial charge is 0.123 e. The first kappa shape index (κ1) is 23.5. The molecule has 0 bridgehead atoms. The van der Waals surface area contributed by atoms with Crippen LogP contribution >= 0.6 is 0 Å². The van der Waals surface area contributed by atoms with Crippen molar-refractivity contribution in [2.75, 3.05) is 0 Å². The molecule has 0 fully saturated rings. The van der Waals surface area contributed by atoms with E-state index in [0.717, 1.165) is 24.0 Å². The summed E-state index contributed by atoms with van der Waals surface area (Å²) in [7, 11) is 0. The third-order valence-electron chi connectivity index (χ3n) is 5.99. The fraction of sp³-hybridized carbons (Fsp3) is 0.571. The van der Waals surface area contributed by atoms with E-state index >= 15 is 0 Å². The van der Waals surface area contributed by atoms with Crippen LogP contribution in [-0.2, 0) is 17.3 Å². The Morgan fingerprint density at radius 1 is 0.793 bits per heavy atom. The van der Waals surface area contributed by atoms with Gasteiger partial charge in [-0.1, -0.05) is 110 Å². The molecule has 0 radical (unpaired) electrons. The number of aromatic hydroxyl groups is 1. The maximum atomic E-state index is 11.0. The lowest BCUT2D eigenvalue weighted by atomic mass is 9.77. The van der Waals surface area contributed by atoms with Gasteiger partial charge in [0.2, 0.25) is 0 Å². The highest BCUT2D eigenvalue weighted by Crippen LogP contribution is 2.40. The molecule has 0 aliphatic carbocycles. The zero-order valence-electron chi connectivity index (χ0n) is 19.8. The van der Waals surface area contributed by atoms with Gasteiger partial charge in [0.25, 0.3) is 0 Å². The quantitative estimate of drug-likeness (QED) is 0.446. The molecular weight excluding hydrogens is 352 g/mol. The first-order chi connectivity index (χ1) is 13.5. The molecule has 1 heteroatoms. The SMILES string of the molecule is CCCCCC(CCc1cc(C(C)(C)C)c(O)c(C(C)(C)C)c1)c1ccccc1. The van der Waals surface area contributed by atoms with Crippen molar-refractivity contribution in [3.05, 3.63) is 64.7 Å². The van der Waals surface area contributed by atoms with Crippen molar-refractivity contribution >= 4 is 0 Å². The van der Waals surface area contributed by atoms with E-state index in [1.54, 1.807) is 0 Å². The van der Waals surface area contributed by atoms with Crippen LogP contribution in [0, 0.1) is 0 Å². The number of phenols is 1. The van der Waals surface area contributed by atoms with E-state index in [4.69, 9.17) is 0 Å². The normalized spacial score (nSPS) is 13.5. The molecule has 0 spiro atoms. The number of hydrogen-bond acceptors (Lipinski definition) is 1. The Hall–Kier alpha value is -1.76. The van der Waals surface area contributed by atoms with Gasteiger partial charge in [0.15, 0.2) is 0 Å². The summed E-state index contributed by atoms with van der Waals surface area (Å²) in [5.74, 6) is 1.09. The van der Waals surface area contributed by atoms with E-state index in [1.807, 2.05) is 0 Å². The number of hydrogen-bond donors (Lipinski definition) is 1. The van der Waals surface area contributed by atoms with Crippen LogP contribution in [0.4, 0.5) is 0 Å². The lowest BCUT2D eigenvalue weighted by Gasteiger charge is -2.28. The van der Waals surface area contributed by atoms with Crippen LogP contribution in [0.15, 0.2) is 42.5 Å². The van der Waals surface area contributed by atoms with E-state index in [0.29, 0.717) is 11.7 Å². The van der Waals surface area contributed by atoms with Gasteiger partial charge in [-0.2, -0.15) is 0 Å². The molecule has 2 aromatic rings. The fourth-order valence-corrected chi connectivity index (χ4v) is 4.17. The molecule has 1 nitrogen and oxygen atoms in total. The topological polar surface area (TPSA) is 20.2 Å². The van der Waals surface area contributed by atoms with Gasteiger partial charge < -0.3 is 5.11 Å². The minimum Gasteiger partial charge on any atom is -0.507 e. The van der Waals surface area contributed by atoms with Gasteiger partial charge in [-0.15, -0.1) is 0 Å². The molecule has 0 aromatic heterocycles. The van der Waals surface area contributed by atoms with Crippen molar-refractivity contribution in [1.82, 2.24) is 0 Å². The van der Waals surface area contributed by atoms with E-state index in [-0.39, 0.29) is 10.8 Å². The van der Waals surface area contributed by atoms with Gasteiger partial charge in [0.1, 0.15) is 5.75 Å². The highest BCUT2D eigenvalue weighted by Gasteiger charge is 2.26. The minimum atomic E-state index is -0.0694. The number of aryl methyl sites for hydroxylation is 1. The maximum Gasteiger partial charge on any atom is 0.123 e. The standard InChI is InChI=1S/C28H42O/c1-8-9-11-14-23(22-15-12-10-13-16-22)18-17-21-19-24(27(2,3)4)26(29)25(20-21)28(5,6)7/h10,12-13,15-16,19-20,23,29H,8-9,11,14,17-18H2,1-7H3. The third-order valence-corrected chi connectivity index (χ3v) is 5.99. The molecule has 0 aliphatic heterocycles. The molecule has 0 amide bonds. The highest BCUT2D eigenvalue weighted by molar-refractivity contribution is 5.50. The third kappa shape index (κ3) is 6.63. The van der Waals surface area contributed by atoms with Crippen molar-refractivity contribution in [3.8, 4) is 5.75 Å². The number of benzene rings is 2. The van der Waals surface area contributed by atoms with Gasteiger partial charge in [-0.3, -0.25) is 0 Å². The Bertz CT molecular complexity index is 724. The summed E-state index contributed by atoms with van der Waals surface area (Å²) in [6.07, 6.45) is 7.35. The molecule has 2 rings (SSSR count). The van der Waals surface area contributed by atoms with Crippen LogP contribution in [0.25, 0.3) is 0 Å². The predicted molar refractivity (Wildman–Crippen MR) is 127 cm³/mol. The number of unbranched alkanes of at least 4 members (excludes halogenated alkanes) is 2. The van der Waals surface area contributed by atoms with Crippen LogP contribution in [0.2, 0.25) is 0 Å². The monoisotopic (exact) mass is 394 g/mol. The summed E-state index contributed by atoms with van der Waals surface area (Å²) < 4.78 is 0. The van der Waals surface area contributed by atoms with E-state index in [2.05, 4.69) is 90.9 Å². The first-order valence-electron chi connectivity index (χ1n) is 11.5. The Kier molecular flexibility index (Phi) is 7.97. The van der Waals surface area contributed by atoms with Crippen molar-refractivity contribution in [2.24, 2.45) is 0 Å². The average Bonchev–Trinajstić information content (AvgIpc) is 2.64. The average molecular weight is 395 g/mol. The van der Waals surface area contributed by atoms with Crippen LogP contribution in [0.3, 0.4) is 0 Å². The molecule has 160 valence electrons. The van der Waals surface area contributed by atoms with Crippen molar-refractivity contribution in [1.29, 1.82) is 0 Å². The second kappa shape index (κ2) is 9.83. The molecule has 0 saturated heterocycles. The van der Waals surface area contributed by atoms with Crippen LogP contribution in [-0.4, -0.2) is 5.11 Å². The Balaban J connectivity index is 2.31. The van der Waals surface area contributed by atoms with Gasteiger partial charge in [0.05, 0.1) is 0 Å². The summed E-state index contributed by atoms with van der Waals surface area (Å²) in [6.45, 7) is 15.4. The summed E-state index contributed by atoms with van der Waals surface area (Å²) in [6, 6.07) is 15.5. The highest BCUT2D eigenvalue weighted by atomic mass is 16.3. The molecule has 2 aromatic carbocycles. The lowest BCUT2D eigenvalue weighted by molar-refractivity contribution is 0.422. The number of phenolic OH excluding ortho intramolecular Hbond substituents is 1. The largest absolute Gasteiger partial charge is 0.507 e. The van der Waals surface area contributed by atoms with Crippen molar-refractivity contribution in [3.63, 3.8) is 0 Å². The predicted octanol–water partition coefficient (Wildman–Crippen LogP) is 8.28. The molecule has 0 aliphatic rings. The van der Waals surface area contributed by atoms with E-state index in [9.17, 15) is 5.11 Å². The van der Waals surface area contributed by atoms with E-state index in [1.165, 1.54) is 36.8 Å². The fourth-order valence-electron chi connectivity index (χ4n) is 4.17. The van der Waals surface area contributed by atoms with Gasteiger partial charge in [-0.25, -0.2) is 0 Å². The Labute approximate surface area is 179 Å². The molecular formula is C28H42O. The lowest BCUT2D eigenvalue weighted by Crippen LogP contribution is -2.18. The molecule has 29 heavy (non-hydrogen) atoms. The summed E-state index contributed by atoms with van der Waals surface area (Å²) in [5.41, 5.74) is 4.83. The molecule has 0 heterocycles. The summed E-state index contributed by atoms with van der Waals surface area (Å²) in [4.78, 5) is 0. The Morgan fingerprint density at radius 2 is 1.34 bits per heavy atom. The molecule has 1 atom stereocenters. The maximum absolute atomic E-state index is 11.0. The zero-order chi connectivity index (χ0) is 21.7. The zero-order valence-corrected chi connectivity index (χ0v) is 19.8. The van der Waals surface area contributed by atoms with Gasteiger partial charge in [0, 0.05) is 0 Å². The molecule has 1 N–H and O–H groups in total. The molecule has 0 saturated carbocycles. The minimum absolute atomic E-state index is 0.0694.